The summed E-state index contributed by atoms with van der Waals surface area (Å²) in [6, 6.07) is 5.29. The van der Waals surface area contributed by atoms with Crippen LogP contribution in [0.4, 0.5) is 5.69 Å². The lowest BCUT2D eigenvalue weighted by Crippen LogP contribution is -2.35. The van der Waals surface area contributed by atoms with E-state index in [4.69, 9.17) is 5.73 Å². The van der Waals surface area contributed by atoms with Crippen LogP contribution in [-0.4, -0.2) is 11.9 Å². The fourth-order valence-electron chi connectivity index (χ4n) is 1.51. The van der Waals surface area contributed by atoms with Crippen molar-refractivity contribution in [3.8, 4) is 0 Å². The van der Waals surface area contributed by atoms with E-state index in [-0.39, 0.29) is 5.91 Å². The molecule has 4 heteroatoms. The molecule has 0 unspecified atom stereocenters. The van der Waals surface area contributed by atoms with Gasteiger partial charge in [-0.2, -0.15) is 0 Å². The van der Waals surface area contributed by atoms with E-state index in [1.54, 1.807) is 0 Å². The van der Waals surface area contributed by atoms with Crippen LogP contribution >= 0.6 is 15.9 Å². The Balaban J connectivity index is 2.58. The van der Waals surface area contributed by atoms with Gasteiger partial charge in [0.1, 0.15) is 0 Å². The van der Waals surface area contributed by atoms with Gasteiger partial charge in [-0.25, -0.2) is 0 Å². The van der Waals surface area contributed by atoms with E-state index < -0.39 is 6.04 Å². The van der Waals surface area contributed by atoms with Crippen LogP contribution in [0, 0.1) is 6.92 Å². The Morgan fingerprint density at radius 1 is 1.53 bits per heavy atom. The van der Waals surface area contributed by atoms with Crippen molar-refractivity contribution in [3.63, 3.8) is 0 Å². The molecule has 1 amide bonds. The van der Waals surface area contributed by atoms with Crippen molar-refractivity contribution in [1.29, 1.82) is 0 Å². The standard InChI is InChI=1S/C13H19BrN2O/c1-3-4-5-12(15)13(17)16-10-6-7-11(14)9(2)8-10/h6-8,12H,3-5,15H2,1-2H3,(H,16,17)/t12-/m0/s1. The van der Waals surface area contributed by atoms with E-state index >= 15 is 0 Å². The molecule has 1 aromatic carbocycles. The number of benzene rings is 1. The summed E-state index contributed by atoms with van der Waals surface area (Å²) < 4.78 is 1.03. The van der Waals surface area contributed by atoms with Gasteiger partial charge in [-0.1, -0.05) is 35.7 Å². The molecule has 3 N–H and O–H groups in total. The minimum absolute atomic E-state index is 0.111. The molecule has 0 saturated heterocycles. The summed E-state index contributed by atoms with van der Waals surface area (Å²) in [5.74, 6) is -0.111. The summed E-state index contributed by atoms with van der Waals surface area (Å²) in [6.07, 6.45) is 2.77. The molecule has 17 heavy (non-hydrogen) atoms. The van der Waals surface area contributed by atoms with Gasteiger partial charge >= 0.3 is 0 Å². The SMILES string of the molecule is CCCC[C@H](N)C(=O)Nc1ccc(Br)c(C)c1. The minimum Gasteiger partial charge on any atom is -0.325 e. The third-order valence-electron chi connectivity index (χ3n) is 2.63. The third kappa shape index (κ3) is 4.48. The summed E-state index contributed by atoms with van der Waals surface area (Å²) in [7, 11) is 0. The number of aryl methyl sites for hydroxylation is 1. The Hall–Kier alpha value is -0.870. The molecule has 0 aliphatic heterocycles. The Morgan fingerprint density at radius 3 is 2.82 bits per heavy atom. The predicted molar refractivity (Wildman–Crippen MR) is 75.0 cm³/mol. The molecule has 1 aromatic rings. The molecule has 0 saturated carbocycles. The van der Waals surface area contributed by atoms with Gasteiger partial charge in [-0.15, -0.1) is 0 Å². The first-order chi connectivity index (χ1) is 8.04. The first kappa shape index (κ1) is 14.2. The Kier molecular flexibility index (Phi) is 5.65. The van der Waals surface area contributed by atoms with Crippen LogP contribution in [0.25, 0.3) is 0 Å². The highest BCUT2D eigenvalue weighted by Gasteiger charge is 2.12. The zero-order valence-corrected chi connectivity index (χ0v) is 11.9. The van der Waals surface area contributed by atoms with Crippen molar-refractivity contribution in [2.24, 2.45) is 5.73 Å². The summed E-state index contributed by atoms with van der Waals surface area (Å²) in [5, 5.41) is 2.83. The Labute approximate surface area is 111 Å². The summed E-state index contributed by atoms with van der Waals surface area (Å²) >= 11 is 3.42. The van der Waals surface area contributed by atoms with Crippen molar-refractivity contribution in [1.82, 2.24) is 0 Å². The van der Waals surface area contributed by atoms with Crippen molar-refractivity contribution in [3.05, 3.63) is 28.2 Å². The number of halogens is 1. The second-order valence-corrected chi connectivity index (χ2v) is 5.06. The van der Waals surface area contributed by atoms with Crippen molar-refractivity contribution in [2.45, 2.75) is 39.2 Å². The van der Waals surface area contributed by atoms with Crippen molar-refractivity contribution in [2.75, 3.05) is 5.32 Å². The minimum atomic E-state index is -0.418. The van der Waals surface area contributed by atoms with Crippen LogP contribution in [0.3, 0.4) is 0 Å². The molecule has 0 heterocycles. The lowest BCUT2D eigenvalue weighted by atomic mass is 10.1. The second-order valence-electron chi connectivity index (χ2n) is 4.20. The maximum Gasteiger partial charge on any atom is 0.241 e. The van der Waals surface area contributed by atoms with E-state index in [0.717, 1.165) is 35.0 Å². The van der Waals surface area contributed by atoms with E-state index in [1.807, 2.05) is 25.1 Å². The number of rotatable bonds is 5. The predicted octanol–water partition coefficient (Wildman–Crippen LogP) is 3.21. The lowest BCUT2D eigenvalue weighted by Gasteiger charge is -2.12. The molecule has 1 atom stereocenters. The maximum atomic E-state index is 11.8. The van der Waals surface area contributed by atoms with E-state index in [9.17, 15) is 4.79 Å². The number of carbonyl (C=O) groups is 1. The van der Waals surface area contributed by atoms with Gasteiger partial charge in [0.05, 0.1) is 6.04 Å². The number of amides is 1. The first-order valence-electron chi connectivity index (χ1n) is 5.87. The fourth-order valence-corrected chi connectivity index (χ4v) is 1.76. The van der Waals surface area contributed by atoms with Crippen LogP contribution < -0.4 is 11.1 Å². The quantitative estimate of drug-likeness (QED) is 0.877. The van der Waals surface area contributed by atoms with E-state index in [0.29, 0.717) is 0 Å². The van der Waals surface area contributed by atoms with Crippen LogP contribution in [0.1, 0.15) is 31.7 Å². The number of unbranched alkanes of at least 4 members (excludes halogenated alkanes) is 1. The van der Waals surface area contributed by atoms with Gasteiger partial charge < -0.3 is 11.1 Å². The van der Waals surface area contributed by atoms with Gasteiger partial charge in [-0.05, 0) is 37.1 Å². The molecular weight excluding hydrogens is 280 g/mol. The largest absolute Gasteiger partial charge is 0.325 e. The number of anilines is 1. The topological polar surface area (TPSA) is 55.1 Å². The molecule has 0 spiro atoms. The van der Waals surface area contributed by atoms with Crippen LogP contribution in [0.2, 0.25) is 0 Å². The summed E-state index contributed by atoms with van der Waals surface area (Å²) in [4.78, 5) is 11.8. The highest BCUT2D eigenvalue weighted by molar-refractivity contribution is 9.10. The van der Waals surface area contributed by atoms with E-state index in [1.165, 1.54) is 0 Å². The zero-order valence-electron chi connectivity index (χ0n) is 10.3. The van der Waals surface area contributed by atoms with Gasteiger partial charge in [0, 0.05) is 10.2 Å². The van der Waals surface area contributed by atoms with Gasteiger partial charge in [0.25, 0.3) is 0 Å². The third-order valence-corrected chi connectivity index (χ3v) is 3.52. The molecular formula is C13H19BrN2O. The molecule has 0 aliphatic carbocycles. The molecule has 3 nitrogen and oxygen atoms in total. The molecule has 0 aromatic heterocycles. The van der Waals surface area contributed by atoms with Crippen molar-refractivity contribution >= 4 is 27.5 Å². The number of nitrogens with two attached hydrogens (primary N) is 1. The highest BCUT2D eigenvalue weighted by Crippen LogP contribution is 2.20. The Morgan fingerprint density at radius 2 is 2.24 bits per heavy atom. The van der Waals surface area contributed by atoms with Crippen molar-refractivity contribution < 1.29 is 4.79 Å². The average Bonchev–Trinajstić information content (AvgIpc) is 2.30. The van der Waals surface area contributed by atoms with Crippen LogP contribution in [-0.2, 0) is 4.79 Å². The number of hydrogen-bond acceptors (Lipinski definition) is 2. The summed E-state index contributed by atoms with van der Waals surface area (Å²) in [5.41, 5.74) is 7.68. The molecule has 94 valence electrons. The first-order valence-corrected chi connectivity index (χ1v) is 6.66. The van der Waals surface area contributed by atoms with Gasteiger partial charge in [0.2, 0.25) is 5.91 Å². The normalized spacial score (nSPS) is 12.2. The molecule has 0 aliphatic rings. The molecule has 0 fully saturated rings. The van der Waals surface area contributed by atoms with Gasteiger partial charge in [-0.3, -0.25) is 4.79 Å². The molecule has 0 radical (unpaired) electrons. The summed E-state index contributed by atoms with van der Waals surface area (Å²) in [6.45, 7) is 4.07. The van der Waals surface area contributed by atoms with Gasteiger partial charge in [0.15, 0.2) is 0 Å². The average molecular weight is 299 g/mol. The molecule has 0 bridgehead atoms. The number of hydrogen-bond donors (Lipinski definition) is 2. The highest BCUT2D eigenvalue weighted by atomic mass is 79.9. The lowest BCUT2D eigenvalue weighted by molar-refractivity contribution is -0.117. The molecule has 1 rings (SSSR count). The van der Waals surface area contributed by atoms with Crippen LogP contribution in [0.5, 0.6) is 0 Å². The maximum absolute atomic E-state index is 11.8. The van der Waals surface area contributed by atoms with E-state index in [2.05, 4.69) is 28.2 Å². The smallest absolute Gasteiger partial charge is 0.241 e. The fraction of sp³-hybridized carbons (Fsp3) is 0.462. The number of nitrogens with one attached hydrogen (secondary N) is 1. The second kappa shape index (κ2) is 6.77. The van der Waals surface area contributed by atoms with Crippen LogP contribution in [0.15, 0.2) is 22.7 Å². The Bertz CT molecular complexity index is 393. The zero-order chi connectivity index (χ0) is 12.8. The monoisotopic (exact) mass is 298 g/mol. The number of carbonyl (C=O) groups excluding carboxylic acids is 1.